The molecule has 6 aromatic rings. The van der Waals surface area contributed by atoms with Crippen LogP contribution in [-0.2, 0) is 0 Å². The maximum absolute atomic E-state index is 6.60. The van der Waals surface area contributed by atoms with E-state index in [9.17, 15) is 0 Å². The molecular weight excluding hydrogens is 1180 g/mol. The van der Waals surface area contributed by atoms with Gasteiger partial charge in [-0.3, -0.25) is 0 Å². The molecule has 0 unspecified atom stereocenters. The summed E-state index contributed by atoms with van der Waals surface area (Å²) in [6.45, 7) is 32.2. The fourth-order valence-corrected chi connectivity index (χ4v) is 9.62. The molecule has 0 heterocycles. The highest BCUT2D eigenvalue weighted by Gasteiger charge is 2.18. The lowest BCUT2D eigenvalue weighted by Crippen LogP contribution is -2.02. The van der Waals surface area contributed by atoms with Crippen LogP contribution < -0.4 is 56.8 Å². The van der Waals surface area contributed by atoms with Gasteiger partial charge < -0.3 is 56.8 Å². The Morgan fingerprint density at radius 1 is 0.170 bits per heavy atom. The standard InChI is InChI=1S/C82H108O12/c1-13-39-83-71-35-37-73(85-41-15-3)61(51-71)25-27-63-53-77(89-45-19-7)65(55-75(63)87-43-17-5)29-31-67-57-81(93-49-23-11)69(59-79(67)91-47-21-9)33-34-70-60-80(92-48-22-10)68(58-82(70)94-50-24-12)32-30-66-56-76(88-44-18-6)64(54-78(66)90-46-20-8)28-26-62-52-72(84-40-14-2)36-38-74(62)86-42-16-4/h25-38,51-60H,13-24,39-50H2,1-12H3/b27-25+,28-26+,31-29+,32-30+,34-33+. The van der Waals surface area contributed by atoms with Crippen molar-refractivity contribution in [2.24, 2.45) is 0 Å². The molecule has 12 nitrogen and oxygen atoms in total. The first-order valence-electron chi connectivity index (χ1n) is 35.0. The third-order valence-corrected chi connectivity index (χ3v) is 14.3. The van der Waals surface area contributed by atoms with Crippen molar-refractivity contribution in [2.45, 2.75) is 160 Å². The third-order valence-electron chi connectivity index (χ3n) is 14.3. The van der Waals surface area contributed by atoms with Gasteiger partial charge in [0.2, 0.25) is 0 Å². The molecule has 0 aliphatic rings. The molecule has 0 aliphatic heterocycles. The van der Waals surface area contributed by atoms with E-state index < -0.39 is 0 Å². The van der Waals surface area contributed by atoms with Crippen LogP contribution in [0.15, 0.2) is 84.9 Å². The van der Waals surface area contributed by atoms with Gasteiger partial charge in [-0.1, -0.05) is 144 Å². The molecule has 508 valence electrons. The summed E-state index contributed by atoms with van der Waals surface area (Å²) < 4.78 is 76.9. The number of hydrogen-bond acceptors (Lipinski definition) is 12. The smallest absolute Gasteiger partial charge is 0.127 e. The van der Waals surface area contributed by atoms with Crippen LogP contribution in [0.5, 0.6) is 69.0 Å². The largest absolute Gasteiger partial charge is 0.494 e. The van der Waals surface area contributed by atoms with Gasteiger partial charge in [0.25, 0.3) is 0 Å². The molecule has 0 amide bonds. The predicted molar refractivity (Wildman–Crippen MR) is 393 cm³/mol. The third kappa shape index (κ3) is 23.9. The molecule has 6 rings (SSSR count). The Balaban J connectivity index is 1.42. The summed E-state index contributed by atoms with van der Waals surface area (Å²) in [6, 6.07) is 28.6. The Labute approximate surface area is 563 Å². The average Bonchev–Trinajstić information content (AvgIpc) is 0.868. The van der Waals surface area contributed by atoms with Crippen LogP contribution in [-0.4, -0.2) is 79.3 Å². The second kappa shape index (κ2) is 42.8. The normalized spacial score (nSPS) is 11.6. The molecular formula is C82H108O12. The van der Waals surface area contributed by atoms with Crippen molar-refractivity contribution in [1.82, 2.24) is 0 Å². The molecule has 94 heavy (non-hydrogen) atoms. The Hall–Kier alpha value is -8.38. The minimum absolute atomic E-state index is 0.528. The molecule has 6 aromatic carbocycles. The maximum Gasteiger partial charge on any atom is 0.127 e. The summed E-state index contributed by atoms with van der Waals surface area (Å²) in [5, 5.41) is 0. The van der Waals surface area contributed by atoms with Gasteiger partial charge in [0.05, 0.1) is 79.3 Å². The molecule has 0 bridgehead atoms. The number of ether oxygens (including phenoxy) is 12. The molecule has 0 N–H and O–H groups in total. The molecule has 0 aliphatic carbocycles. The highest BCUT2D eigenvalue weighted by atomic mass is 16.5. The highest BCUT2D eigenvalue weighted by Crippen LogP contribution is 2.40. The average molecular weight is 1290 g/mol. The molecule has 0 atom stereocenters. The molecule has 0 saturated heterocycles. The van der Waals surface area contributed by atoms with Crippen LogP contribution in [0.4, 0.5) is 0 Å². The maximum atomic E-state index is 6.60. The van der Waals surface area contributed by atoms with Gasteiger partial charge in [0.1, 0.15) is 69.0 Å². The SMILES string of the molecule is CCCOc1ccc(OCCC)c(/C=C/c2cc(OCCC)c(/C=C/c3cc(OCCC)c(/C=C/c4cc(OCCC)c(/C=C/c5cc(OCCC)c(/C=C/c6cc(OCCC)ccc6OCCC)cc5OCCC)cc4OCCC)cc3OCCC)cc2OCCC)c1. The van der Waals surface area contributed by atoms with Gasteiger partial charge in [0.15, 0.2) is 0 Å². The van der Waals surface area contributed by atoms with Crippen LogP contribution >= 0.6 is 0 Å². The number of benzene rings is 6. The molecule has 0 radical (unpaired) electrons. The zero-order valence-corrected chi connectivity index (χ0v) is 58.7. The van der Waals surface area contributed by atoms with E-state index in [0.29, 0.717) is 79.3 Å². The number of hydrogen-bond donors (Lipinski definition) is 0. The Morgan fingerprint density at radius 2 is 0.309 bits per heavy atom. The minimum atomic E-state index is 0.528. The molecule has 0 aromatic heterocycles. The van der Waals surface area contributed by atoms with E-state index in [1.807, 2.05) is 36.4 Å². The van der Waals surface area contributed by atoms with Crippen LogP contribution in [0, 0.1) is 0 Å². The lowest BCUT2D eigenvalue weighted by molar-refractivity contribution is 0.307. The van der Waals surface area contributed by atoms with E-state index in [1.165, 1.54) is 0 Å². The summed E-state index contributed by atoms with van der Waals surface area (Å²) in [5.41, 5.74) is 8.84. The first kappa shape index (κ1) is 74.7. The Morgan fingerprint density at radius 3 is 0.468 bits per heavy atom. The summed E-state index contributed by atoms with van der Waals surface area (Å²) in [4.78, 5) is 0. The Bertz CT molecular complexity index is 3150. The van der Waals surface area contributed by atoms with Crippen molar-refractivity contribution in [3.63, 3.8) is 0 Å². The molecule has 0 spiro atoms. The minimum Gasteiger partial charge on any atom is -0.494 e. The first-order chi connectivity index (χ1) is 46.1. The van der Waals surface area contributed by atoms with Crippen LogP contribution in [0.2, 0.25) is 0 Å². The van der Waals surface area contributed by atoms with Crippen molar-refractivity contribution in [3.05, 3.63) is 141 Å². The quantitative estimate of drug-likeness (QED) is 0.0339. The van der Waals surface area contributed by atoms with Gasteiger partial charge in [-0.15, -0.1) is 0 Å². The van der Waals surface area contributed by atoms with E-state index in [4.69, 9.17) is 56.8 Å². The van der Waals surface area contributed by atoms with Crippen molar-refractivity contribution in [2.75, 3.05) is 79.3 Å². The molecule has 12 heteroatoms. The second-order valence-corrected chi connectivity index (χ2v) is 23.0. The van der Waals surface area contributed by atoms with Crippen molar-refractivity contribution < 1.29 is 56.8 Å². The van der Waals surface area contributed by atoms with Crippen molar-refractivity contribution in [1.29, 1.82) is 0 Å². The zero-order valence-electron chi connectivity index (χ0n) is 58.7. The Kier molecular flexibility index (Phi) is 34.0. The van der Waals surface area contributed by atoms with E-state index in [0.717, 1.165) is 202 Å². The highest BCUT2D eigenvalue weighted by molar-refractivity contribution is 5.85. The first-order valence-corrected chi connectivity index (χ1v) is 35.0. The van der Waals surface area contributed by atoms with E-state index in [-0.39, 0.29) is 0 Å². The van der Waals surface area contributed by atoms with Crippen LogP contribution in [0.25, 0.3) is 60.8 Å². The van der Waals surface area contributed by atoms with Crippen molar-refractivity contribution >= 4 is 60.8 Å². The zero-order chi connectivity index (χ0) is 67.1. The van der Waals surface area contributed by atoms with E-state index in [2.05, 4.69) is 192 Å². The lowest BCUT2D eigenvalue weighted by atomic mass is 10.0. The summed E-state index contributed by atoms with van der Waals surface area (Å²) in [7, 11) is 0. The van der Waals surface area contributed by atoms with Gasteiger partial charge in [-0.05, 0) is 162 Å². The fraction of sp³-hybridized carbons (Fsp3) is 0.439. The summed E-state index contributed by atoms with van der Waals surface area (Å²) >= 11 is 0. The molecule has 0 fully saturated rings. The van der Waals surface area contributed by atoms with Gasteiger partial charge in [-0.2, -0.15) is 0 Å². The fourth-order valence-electron chi connectivity index (χ4n) is 9.62. The summed E-state index contributed by atoms with van der Waals surface area (Å²) in [6.07, 6.45) is 31.1. The lowest BCUT2D eigenvalue weighted by Gasteiger charge is -2.17. The van der Waals surface area contributed by atoms with Crippen molar-refractivity contribution in [3.8, 4) is 69.0 Å². The van der Waals surface area contributed by atoms with Gasteiger partial charge >= 0.3 is 0 Å². The van der Waals surface area contributed by atoms with Gasteiger partial charge in [-0.25, -0.2) is 0 Å². The van der Waals surface area contributed by atoms with Gasteiger partial charge in [0, 0.05) is 55.6 Å². The molecule has 0 saturated carbocycles. The van der Waals surface area contributed by atoms with Crippen LogP contribution in [0.1, 0.15) is 216 Å². The second-order valence-electron chi connectivity index (χ2n) is 23.0. The number of rotatable bonds is 46. The van der Waals surface area contributed by atoms with E-state index >= 15 is 0 Å². The van der Waals surface area contributed by atoms with Crippen LogP contribution in [0.3, 0.4) is 0 Å². The summed E-state index contributed by atoms with van der Waals surface area (Å²) in [5.74, 6) is 9.08. The monoisotopic (exact) mass is 1280 g/mol. The van der Waals surface area contributed by atoms with E-state index in [1.54, 1.807) is 0 Å². The topological polar surface area (TPSA) is 111 Å². The predicted octanol–water partition coefficient (Wildman–Crippen LogP) is 22.0.